The SMILES string of the molecule is Cc1cnn(CC(=O)c2ccccc2C)c1. The molecule has 0 aliphatic carbocycles. The fourth-order valence-corrected chi connectivity index (χ4v) is 1.67. The zero-order valence-electron chi connectivity index (χ0n) is 9.47. The zero-order valence-corrected chi connectivity index (χ0v) is 9.47. The van der Waals surface area contributed by atoms with E-state index in [0.717, 1.165) is 16.7 Å². The van der Waals surface area contributed by atoms with Gasteiger partial charge in [0.05, 0.1) is 6.20 Å². The molecular weight excluding hydrogens is 200 g/mol. The number of nitrogens with zero attached hydrogens (tertiary/aromatic N) is 2. The molecule has 0 bridgehead atoms. The minimum Gasteiger partial charge on any atom is -0.292 e. The lowest BCUT2D eigenvalue weighted by molar-refractivity contribution is 0.0967. The second-order valence-corrected chi connectivity index (χ2v) is 3.95. The summed E-state index contributed by atoms with van der Waals surface area (Å²) in [5, 5.41) is 4.11. The fourth-order valence-electron chi connectivity index (χ4n) is 1.67. The highest BCUT2D eigenvalue weighted by atomic mass is 16.1. The minimum absolute atomic E-state index is 0.0983. The van der Waals surface area contributed by atoms with Crippen LogP contribution >= 0.6 is 0 Å². The van der Waals surface area contributed by atoms with Crippen LogP contribution in [0.3, 0.4) is 0 Å². The van der Waals surface area contributed by atoms with Gasteiger partial charge in [0.1, 0.15) is 6.54 Å². The second-order valence-electron chi connectivity index (χ2n) is 3.95. The summed E-state index contributed by atoms with van der Waals surface area (Å²) in [7, 11) is 0. The van der Waals surface area contributed by atoms with Crippen LogP contribution in [0.2, 0.25) is 0 Å². The van der Waals surface area contributed by atoms with Crippen LogP contribution in [0.1, 0.15) is 21.5 Å². The molecule has 16 heavy (non-hydrogen) atoms. The standard InChI is InChI=1S/C13H14N2O/c1-10-7-14-15(8-10)9-13(16)12-6-4-3-5-11(12)2/h3-8H,9H2,1-2H3. The van der Waals surface area contributed by atoms with Crippen molar-refractivity contribution in [1.82, 2.24) is 9.78 Å². The predicted octanol–water partition coefficient (Wildman–Crippen LogP) is 2.38. The molecular formula is C13H14N2O. The van der Waals surface area contributed by atoms with Crippen LogP contribution in [-0.4, -0.2) is 15.6 Å². The molecule has 0 spiro atoms. The van der Waals surface area contributed by atoms with Gasteiger partial charge in [0.2, 0.25) is 0 Å². The van der Waals surface area contributed by atoms with Crippen LogP contribution in [0, 0.1) is 13.8 Å². The molecule has 0 aliphatic rings. The van der Waals surface area contributed by atoms with Gasteiger partial charge in [-0.25, -0.2) is 0 Å². The molecule has 0 radical (unpaired) electrons. The number of hydrogen-bond acceptors (Lipinski definition) is 2. The Balaban J connectivity index is 2.18. The number of aryl methyl sites for hydroxylation is 2. The van der Waals surface area contributed by atoms with Gasteiger partial charge in [0.15, 0.2) is 5.78 Å². The van der Waals surface area contributed by atoms with Crippen molar-refractivity contribution in [2.24, 2.45) is 0 Å². The van der Waals surface area contributed by atoms with Crippen LogP contribution in [0.25, 0.3) is 0 Å². The van der Waals surface area contributed by atoms with Crippen molar-refractivity contribution in [1.29, 1.82) is 0 Å². The van der Waals surface area contributed by atoms with Gasteiger partial charge in [-0.05, 0) is 25.0 Å². The van der Waals surface area contributed by atoms with E-state index in [1.165, 1.54) is 0 Å². The molecule has 1 aromatic carbocycles. The number of hydrogen-bond donors (Lipinski definition) is 0. The Bertz CT molecular complexity index is 514. The molecule has 0 saturated carbocycles. The van der Waals surface area contributed by atoms with Crippen molar-refractivity contribution in [2.75, 3.05) is 0 Å². The van der Waals surface area contributed by atoms with E-state index in [1.54, 1.807) is 10.9 Å². The molecule has 0 fully saturated rings. The molecule has 0 aliphatic heterocycles. The van der Waals surface area contributed by atoms with Crippen molar-refractivity contribution >= 4 is 5.78 Å². The third-order valence-electron chi connectivity index (χ3n) is 2.51. The minimum atomic E-state index is 0.0983. The molecule has 0 N–H and O–H groups in total. The number of Topliss-reactive ketones (excluding diaryl/α,β-unsaturated/α-hetero) is 1. The summed E-state index contributed by atoms with van der Waals surface area (Å²) < 4.78 is 1.67. The molecule has 0 amide bonds. The van der Waals surface area contributed by atoms with Gasteiger partial charge in [-0.1, -0.05) is 24.3 Å². The van der Waals surface area contributed by atoms with E-state index in [0.29, 0.717) is 6.54 Å². The summed E-state index contributed by atoms with van der Waals surface area (Å²) in [6, 6.07) is 7.62. The maximum absolute atomic E-state index is 12.0. The Labute approximate surface area is 94.7 Å². The number of ketones is 1. The summed E-state index contributed by atoms with van der Waals surface area (Å²) in [5.74, 6) is 0.0983. The Morgan fingerprint density at radius 3 is 2.69 bits per heavy atom. The summed E-state index contributed by atoms with van der Waals surface area (Å²) in [6.07, 6.45) is 3.63. The zero-order chi connectivity index (χ0) is 11.5. The summed E-state index contributed by atoms with van der Waals surface area (Å²) in [6.45, 7) is 4.21. The molecule has 2 rings (SSSR count). The lowest BCUT2D eigenvalue weighted by Crippen LogP contribution is -2.11. The van der Waals surface area contributed by atoms with Crippen molar-refractivity contribution in [3.05, 3.63) is 53.3 Å². The van der Waals surface area contributed by atoms with E-state index >= 15 is 0 Å². The first-order valence-electron chi connectivity index (χ1n) is 5.25. The number of benzene rings is 1. The van der Waals surface area contributed by atoms with Gasteiger partial charge in [0, 0.05) is 11.8 Å². The average Bonchev–Trinajstić information content (AvgIpc) is 2.64. The molecule has 3 nitrogen and oxygen atoms in total. The smallest absolute Gasteiger partial charge is 0.184 e. The van der Waals surface area contributed by atoms with Crippen molar-refractivity contribution in [3.8, 4) is 0 Å². The molecule has 0 saturated heterocycles. The monoisotopic (exact) mass is 214 g/mol. The van der Waals surface area contributed by atoms with Crippen LogP contribution in [0.5, 0.6) is 0 Å². The highest BCUT2D eigenvalue weighted by molar-refractivity contribution is 5.97. The van der Waals surface area contributed by atoms with Crippen LogP contribution in [0.15, 0.2) is 36.7 Å². The summed E-state index contributed by atoms with van der Waals surface area (Å²) >= 11 is 0. The number of carbonyl (C=O) groups is 1. The van der Waals surface area contributed by atoms with Gasteiger partial charge in [-0.3, -0.25) is 9.48 Å². The van der Waals surface area contributed by atoms with E-state index in [9.17, 15) is 4.79 Å². The number of carbonyl (C=O) groups excluding carboxylic acids is 1. The first-order valence-corrected chi connectivity index (χ1v) is 5.25. The maximum atomic E-state index is 12.0. The second kappa shape index (κ2) is 4.31. The number of rotatable bonds is 3. The largest absolute Gasteiger partial charge is 0.292 e. The van der Waals surface area contributed by atoms with E-state index in [-0.39, 0.29) is 5.78 Å². The lowest BCUT2D eigenvalue weighted by Gasteiger charge is -2.04. The maximum Gasteiger partial charge on any atom is 0.184 e. The average molecular weight is 214 g/mol. The fraction of sp³-hybridized carbons (Fsp3) is 0.231. The molecule has 2 aromatic rings. The van der Waals surface area contributed by atoms with Gasteiger partial charge in [0.25, 0.3) is 0 Å². The number of aromatic nitrogens is 2. The third-order valence-corrected chi connectivity index (χ3v) is 2.51. The molecule has 0 unspecified atom stereocenters. The van der Waals surface area contributed by atoms with Gasteiger partial charge >= 0.3 is 0 Å². The van der Waals surface area contributed by atoms with Crippen LogP contribution < -0.4 is 0 Å². The molecule has 3 heteroatoms. The van der Waals surface area contributed by atoms with Crippen molar-refractivity contribution < 1.29 is 4.79 Å². The molecule has 0 atom stereocenters. The highest BCUT2D eigenvalue weighted by Crippen LogP contribution is 2.09. The van der Waals surface area contributed by atoms with Gasteiger partial charge in [-0.2, -0.15) is 5.10 Å². The topological polar surface area (TPSA) is 34.9 Å². The quantitative estimate of drug-likeness (QED) is 0.735. The Kier molecular flexibility index (Phi) is 2.86. The van der Waals surface area contributed by atoms with Crippen molar-refractivity contribution in [2.45, 2.75) is 20.4 Å². The predicted molar refractivity (Wildman–Crippen MR) is 62.5 cm³/mol. The first kappa shape index (κ1) is 10.6. The van der Waals surface area contributed by atoms with E-state index in [4.69, 9.17) is 0 Å². The summed E-state index contributed by atoms with van der Waals surface area (Å²) in [5.41, 5.74) is 2.85. The third kappa shape index (κ3) is 2.19. The van der Waals surface area contributed by atoms with E-state index < -0.39 is 0 Å². The van der Waals surface area contributed by atoms with Gasteiger partial charge < -0.3 is 0 Å². The van der Waals surface area contributed by atoms with Gasteiger partial charge in [-0.15, -0.1) is 0 Å². The van der Waals surface area contributed by atoms with E-state index in [2.05, 4.69) is 5.10 Å². The van der Waals surface area contributed by atoms with Crippen molar-refractivity contribution in [3.63, 3.8) is 0 Å². The Hall–Kier alpha value is -1.90. The van der Waals surface area contributed by atoms with Crippen LogP contribution in [-0.2, 0) is 6.54 Å². The van der Waals surface area contributed by atoms with E-state index in [1.807, 2.05) is 44.3 Å². The highest BCUT2D eigenvalue weighted by Gasteiger charge is 2.09. The normalized spacial score (nSPS) is 10.4. The molecule has 1 heterocycles. The van der Waals surface area contributed by atoms with Crippen LogP contribution in [0.4, 0.5) is 0 Å². The lowest BCUT2D eigenvalue weighted by atomic mass is 10.1. The summed E-state index contributed by atoms with van der Waals surface area (Å²) in [4.78, 5) is 12.0. The Morgan fingerprint density at radius 2 is 2.06 bits per heavy atom. The molecule has 82 valence electrons. The first-order chi connectivity index (χ1) is 7.66. The Morgan fingerprint density at radius 1 is 1.31 bits per heavy atom. The molecule has 1 aromatic heterocycles.